The van der Waals surface area contributed by atoms with Gasteiger partial charge in [-0.1, -0.05) is 29.4 Å². The van der Waals surface area contributed by atoms with E-state index in [0.29, 0.717) is 11.3 Å². The van der Waals surface area contributed by atoms with Crippen LogP contribution in [-0.4, -0.2) is 20.9 Å². The van der Waals surface area contributed by atoms with Gasteiger partial charge in [-0.2, -0.15) is 5.10 Å². The topological polar surface area (TPSA) is 70.2 Å². The van der Waals surface area contributed by atoms with Crippen molar-refractivity contribution in [3.8, 4) is 5.69 Å². The molecule has 2 aromatic heterocycles. The van der Waals surface area contributed by atoms with Gasteiger partial charge in [-0.05, 0) is 35.9 Å². The number of esters is 1. The van der Waals surface area contributed by atoms with E-state index in [-0.39, 0.29) is 19.0 Å². The van der Waals surface area contributed by atoms with Crippen LogP contribution in [0.25, 0.3) is 16.7 Å². The number of fused-ring (bicyclic) bond motifs is 1. The molecule has 2 aromatic carbocycles. The van der Waals surface area contributed by atoms with Crippen molar-refractivity contribution in [3.63, 3.8) is 0 Å². The van der Waals surface area contributed by atoms with E-state index in [4.69, 9.17) is 9.26 Å². The third-order valence-electron chi connectivity index (χ3n) is 3.87. The molecule has 0 bridgehead atoms. The van der Waals surface area contributed by atoms with Crippen molar-refractivity contribution < 1.29 is 14.1 Å². The molecule has 25 heavy (non-hydrogen) atoms. The first-order valence-corrected chi connectivity index (χ1v) is 7.87. The molecule has 0 saturated carbocycles. The Labute approximate surface area is 143 Å². The van der Waals surface area contributed by atoms with Gasteiger partial charge < -0.3 is 9.26 Å². The summed E-state index contributed by atoms with van der Waals surface area (Å²) in [6.07, 6.45) is 3.68. The fourth-order valence-electron chi connectivity index (χ4n) is 2.58. The molecule has 0 N–H and O–H groups in total. The van der Waals surface area contributed by atoms with Crippen LogP contribution < -0.4 is 0 Å². The van der Waals surface area contributed by atoms with Gasteiger partial charge in [0, 0.05) is 17.8 Å². The molecule has 0 spiro atoms. The minimum absolute atomic E-state index is 0.0857. The molecule has 0 amide bonds. The molecule has 124 valence electrons. The maximum Gasteiger partial charge on any atom is 0.312 e. The summed E-state index contributed by atoms with van der Waals surface area (Å²) in [5, 5.41) is 8.95. The van der Waals surface area contributed by atoms with Crippen molar-refractivity contribution in [1.29, 1.82) is 0 Å². The number of carbonyl (C=O) groups excluding carboxylic acids is 1. The predicted octanol–water partition coefficient (Wildman–Crippen LogP) is 3.30. The second-order valence-electron chi connectivity index (χ2n) is 5.58. The lowest BCUT2D eigenvalue weighted by Gasteiger charge is -2.06. The van der Waals surface area contributed by atoms with Crippen LogP contribution in [0.4, 0.5) is 0 Å². The van der Waals surface area contributed by atoms with Crippen molar-refractivity contribution in [1.82, 2.24) is 14.9 Å². The average Bonchev–Trinajstić information content (AvgIpc) is 3.31. The lowest BCUT2D eigenvalue weighted by Crippen LogP contribution is -2.08. The Kier molecular flexibility index (Phi) is 4.00. The molecule has 0 aliphatic carbocycles. The van der Waals surface area contributed by atoms with E-state index >= 15 is 0 Å². The highest BCUT2D eigenvalue weighted by Gasteiger charge is 2.13. The summed E-state index contributed by atoms with van der Waals surface area (Å²) >= 11 is 0. The van der Waals surface area contributed by atoms with Crippen LogP contribution in [0.2, 0.25) is 0 Å². The SMILES string of the molecule is O=C(Cc1noc2ccccc12)OCc1ccc(-n2cccn2)cc1. The van der Waals surface area contributed by atoms with Crippen molar-refractivity contribution in [3.05, 3.63) is 78.2 Å². The van der Waals surface area contributed by atoms with Gasteiger partial charge in [-0.25, -0.2) is 4.68 Å². The van der Waals surface area contributed by atoms with Gasteiger partial charge in [0.25, 0.3) is 0 Å². The lowest BCUT2D eigenvalue weighted by molar-refractivity contribution is -0.144. The number of para-hydroxylation sites is 1. The van der Waals surface area contributed by atoms with Gasteiger partial charge >= 0.3 is 5.97 Å². The van der Waals surface area contributed by atoms with Crippen molar-refractivity contribution in [2.24, 2.45) is 0 Å². The first-order valence-electron chi connectivity index (χ1n) is 7.87. The van der Waals surface area contributed by atoms with Gasteiger partial charge in [-0.15, -0.1) is 0 Å². The van der Waals surface area contributed by atoms with Gasteiger partial charge in [0.05, 0.1) is 12.1 Å². The number of hydrogen-bond donors (Lipinski definition) is 0. The molecule has 4 rings (SSSR count). The standard InChI is InChI=1S/C19H15N3O3/c23-19(12-17-16-4-1-2-5-18(16)25-21-17)24-13-14-6-8-15(9-7-14)22-11-3-10-20-22/h1-11H,12-13H2. The van der Waals surface area contributed by atoms with E-state index in [0.717, 1.165) is 16.6 Å². The van der Waals surface area contributed by atoms with Crippen LogP contribution in [0.5, 0.6) is 0 Å². The monoisotopic (exact) mass is 333 g/mol. The van der Waals surface area contributed by atoms with Crippen LogP contribution >= 0.6 is 0 Å². The molecular weight excluding hydrogens is 318 g/mol. The second kappa shape index (κ2) is 6.60. The van der Waals surface area contributed by atoms with Crippen LogP contribution in [0.1, 0.15) is 11.3 Å². The zero-order valence-corrected chi connectivity index (χ0v) is 13.3. The molecule has 0 aliphatic rings. The molecule has 4 aromatic rings. The Morgan fingerprint density at radius 1 is 1.08 bits per heavy atom. The van der Waals surface area contributed by atoms with Crippen LogP contribution in [0, 0.1) is 0 Å². The second-order valence-corrected chi connectivity index (χ2v) is 5.58. The average molecular weight is 333 g/mol. The van der Waals surface area contributed by atoms with E-state index < -0.39 is 0 Å². The summed E-state index contributed by atoms with van der Waals surface area (Å²) in [6.45, 7) is 0.216. The van der Waals surface area contributed by atoms with E-state index in [1.54, 1.807) is 10.9 Å². The summed E-state index contributed by atoms with van der Waals surface area (Å²) in [6, 6.07) is 17.0. The number of aromatic nitrogens is 3. The number of nitrogens with zero attached hydrogens (tertiary/aromatic N) is 3. The molecule has 6 nitrogen and oxygen atoms in total. The smallest absolute Gasteiger partial charge is 0.312 e. The maximum atomic E-state index is 12.1. The first kappa shape index (κ1) is 15.1. The van der Waals surface area contributed by atoms with Crippen LogP contribution in [0.15, 0.2) is 71.5 Å². The molecule has 0 aliphatic heterocycles. The lowest BCUT2D eigenvalue weighted by atomic mass is 10.2. The Balaban J connectivity index is 1.37. The quantitative estimate of drug-likeness (QED) is 0.524. The largest absolute Gasteiger partial charge is 0.461 e. The number of rotatable bonds is 5. The molecule has 0 saturated heterocycles. The first-order chi connectivity index (χ1) is 12.3. The highest BCUT2D eigenvalue weighted by Crippen LogP contribution is 2.18. The van der Waals surface area contributed by atoms with Gasteiger partial charge in [0.15, 0.2) is 5.58 Å². The molecule has 0 atom stereocenters. The predicted molar refractivity (Wildman–Crippen MR) is 91.1 cm³/mol. The molecule has 6 heteroatoms. The van der Waals surface area contributed by atoms with Crippen molar-refractivity contribution in [2.45, 2.75) is 13.0 Å². The number of benzene rings is 2. The number of ether oxygens (including phenoxy) is 1. The summed E-state index contributed by atoms with van der Waals surface area (Å²) in [7, 11) is 0. The van der Waals surface area contributed by atoms with Gasteiger partial charge in [0.2, 0.25) is 0 Å². The third kappa shape index (κ3) is 3.28. The van der Waals surface area contributed by atoms with E-state index in [1.807, 2.05) is 60.8 Å². The zero-order valence-electron chi connectivity index (χ0n) is 13.3. The highest BCUT2D eigenvalue weighted by atomic mass is 16.5. The Morgan fingerprint density at radius 2 is 1.92 bits per heavy atom. The Morgan fingerprint density at radius 3 is 2.72 bits per heavy atom. The highest BCUT2D eigenvalue weighted by molar-refractivity contribution is 5.84. The number of hydrogen-bond acceptors (Lipinski definition) is 5. The molecule has 2 heterocycles. The van der Waals surface area contributed by atoms with E-state index in [9.17, 15) is 4.79 Å². The molecular formula is C19H15N3O3. The Hall–Kier alpha value is -3.41. The fraction of sp³-hybridized carbons (Fsp3) is 0.105. The van der Waals surface area contributed by atoms with Crippen LogP contribution in [0.3, 0.4) is 0 Å². The molecule has 0 radical (unpaired) electrons. The molecule has 0 fully saturated rings. The zero-order chi connectivity index (χ0) is 17.1. The van der Waals surface area contributed by atoms with Crippen LogP contribution in [-0.2, 0) is 22.6 Å². The van der Waals surface area contributed by atoms with Gasteiger partial charge in [-0.3, -0.25) is 4.79 Å². The third-order valence-corrected chi connectivity index (χ3v) is 3.87. The summed E-state index contributed by atoms with van der Waals surface area (Å²) in [5.74, 6) is -0.338. The maximum absolute atomic E-state index is 12.1. The molecule has 0 unspecified atom stereocenters. The number of carbonyl (C=O) groups is 1. The van der Waals surface area contributed by atoms with Crippen molar-refractivity contribution >= 4 is 16.9 Å². The van der Waals surface area contributed by atoms with E-state index in [1.165, 1.54) is 0 Å². The summed E-state index contributed by atoms with van der Waals surface area (Å²) in [5.41, 5.74) is 3.12. The normalized spacial score (nSPS) is 10.9. The fourth-order valence-corrected chi connectivity index (χ4v) is 2.58. The summed E-state index contributed by atoms with van der Waals surface area (Å²) in [4.78, 5) is 12.1. The minimum Gasteiger partial charge on any atom is -0.461 e. The van der Waals surface area contributed by atoms with E-state index in [2.05, 4.69) is 10.3 Å². The van der Waals surface area contributed by atoms with Crippen molar-refractivity contribution in [2.75, 3.05) is 0 Å². The summed E-state index contributed by atoms with van der Waals surface area (Å²) < 4.78 is 12.3. The van der Waals surface area contributed by atoms with Gasteiger partial charge in [0.1, 0.15) is 12.3 Å². The minimum atomic E-state index is -0.338. The Bertz CT molecular complexity index is 988.